The van der Waals surface area contributed by atoms with Crippen LogP contribution < -0.4 is 5.43 Å². The van der Waals surface area contributed by atoms with Crippen molar-refractivity contribution in [2.24, 2.45) is 5.10 Å². The lowest BCUT2D eigenvalue weighted by Crippen LogP contribution is -1.94. The maximum absolute atomic E-state index is 10.7. The van der Waals surface area contributed by atoms with Gasteiger partial charge in [0.05, 0.1) is 21.7 Å². The van der Waals surface area contributed by atoms with Crippen molar-refractivity contribution in [3.8, 4) is 0 Å². The molecule has 2 rings (SSSR count). The lowest BCUT2D eigenvalue weighted by Gasteiger charge is -2.01. The summed E-state index contributed by atoms with van der Waals surface area (Å²) in [6.45, 7) is 0. The minimum absolute atomic E-state index is 0.0754. The van der Waals surface area contributed by atoms with E-state index in [1.165, 1.54) is 42.6 Å². The molecule has 22 heavy (non-hydrogen) atoms. The van der Waals surface area contributed by atoms with Crippen LogP contribution in [0.15, 0.2) is 47.6 Å². The van der Waals surface area contributed by atoms with Crippen molar-refractivity contribution in [3.63, 3.8) is 0 Å². The first-order valence-corrected chi connectivity index (χ1v) is 6.32. The Hall–Kier alpha value is -3.00. The summed E-state index contributed by atoms with van der Waals surface area (Å²) in [5, 5.41) is 25.5. The average molecular weight is 321 g/mol. The molecular weight excluding hydrogens is 312 g/mol. The summed E-state index contributed by atoms with van der Waals surface area (Å²) in [7, 11) is 0. The van der Waals surface area contributed by atoms with Gasteiger partial charge in [0, 0.05) is 34.9 Å². The van der Waals surface area contributed by atoms with Crippen LogP contribution in [0.4, 0.5) is 17.1 Å². The summed E-state index contributed by atoms with van der Waals surface area (Å²) < 4.78 is 0. The van der Waals surface area contributed by atoms with E-state index in [9.17, 15) is 20.2 Å². The third-order valence-corrected chi connectivity index (χ3v) is 2.99. The first kappa shape index (κ1) is 15.4. The molecule has 0 heterocycles. The van der Waals surface area contributed by atoms with E-state index in [0.717, 1.165) is 0 Å². The number of rotatable bonds is 5. The molecule has 0 atom stereocenters. The Labute approximate surface area is 129 Å². The largest absolute Gasteiger partial charge is 0.278 e. The van der Waals surface area contributed by atoms with E-state index in [1.807, 2.05) is 0 Å². The highest BCUT2D eigenvalue weighted by atomic mass is 35.5. The molecule has 8 nitrogen and oxygen atoms in total. The van der Waals surface area contributed by atoms with Gasteiger partial charge in [-0.2, -0.15) is 5.10 Å². The van der Waals surface area contributed by atoms with Crippen LogP contribution in [0.25, 0.3) is 0 Å². The van der Waals surface area contributed by atoms with Gasteiger partial charge in [-0.3, -0.25) is 25.7 Å². The summed E-state index contributed by atoms with van der Waals surface area (Å²) in [6.07, 6.45) is 1.30. The van der Waals surface area contributed by atoms with E-state index in [2.05, 4.69) is 10.5 Å². The van der Waals surface area contributed by atoms with Crippen molar-refractivity contribution in [1.82, 2.24) is 0 Å². The number of hydrogen-bond acceptors (Lipinski definition) is 6. The van der Waals surface area contributed by atoms with Crippen molar-refractivity contribution in [1.29, 1.82) is 0 Å². The monoisotopic (exact) mass is 320 g/mol. The summed E-state index contributed by atoms with van der Waals surface area (Å²) in [6, 6.07) is 9.73. The lowest BCUT2D eigenvalue weighted by molar-refractivity contribution is -0.385. The van der Waals surface area contributed by atoms with Gasteiger partial charge < -0.3 is 0 Å². The summed E-state index contributed by atoms with van der Waals surface area (Å²) >= 11 is 5.92. The Balaban J connectivity index is 2.16. The zero-order valence-electron chi connectivity index (χ0n) is 11.0. The number of halogens is 1. The number of nitro benzene ring substituents is 2. The Morgan fingerprint density at radius 2 is 1.73 bits per heavy atom. The van der Waals surface area contributed by atoms with Gasteiger partial charge >= 0.3 is 0 Å². The van der Waals surface area contributed by atoms with Crippen LogP contribution in [-0.2, 0) is 0 Å². The number of anilines is 1. The number of hydrogen-bond donors (Lipinski definition) is 1. The topological polar surface area (TPSA) is 111 Å². The molecule has 2 aromatic rings. The van der Waals surface area contributed by atoms with Gasteiger partial charge in [0.1, 0.15) is 0 Å². The van der Waals surface area contributed by atoms with E-state index in [1.54, 1.807) is 6.07 Å². The molecule has 1 N–H and O–H groups in total. The standard InChI is InChI=1S/C13H9ClN4O4/c14-13-5-4-12(18(21)22)6-9(13)8-15-16-10-2-1-3-11(7-10)17(19)20/h1-8,16H/b15-8-. The normalized spacial score (nSPS) is 10.6. The smallest absolute Gasteiger partial charge is 0.271 e. The van der Waals surface area contributed by atoms with Gasteiger partial charge in [-0.05, 0) is 12.1 Å². The molecule has 0 aliphatic carbocycles. The molecule has 0 saturated heterocycles. The quantitative estimate of drug-likeness (QED) is 0.514. The number of nitrogens with one attached hydrogen (secondary N) is 1. The van der Waals surface area contributed by atoms with Crippen LogP contribution in [0, 0.1) is 20.2 Å². The minimum Gasteiger partial charge on any atom is -0.278 e. The third kappa shape index (κ3) is 3.76. The molecule has 0 radical (unpaired) electrons. The maximum atomic E-state index is 10.7. The molecular formula is C13H9ClN4O4. The Kier molecular flexibility index (Phi) is 4.64. The molecule has 0 spiro atoms. The molecule has 0 fully saturated rings. The van der Waals surface area contributed by atoms with Crippen molar-refractivity contribution in [2.75, 3.05) is 5.43 Å². The van der Waals surface area contributed by atoms with E-state index < -0.39 is 9.85 Å². The third-order valence-electron chi connectivity index (χ3n) is 2.64. The Morgan fingerprint density at radius 3 is 2.41 bits per heavy atom. The highest BCUT2D eigenvalue weighted by Gasteiger charge is 2.08. The van der Waals surface area contributed by atoms with Crippen LogP contribution in [0.5, 0.6) is 0 Å². The highest BCUT2D eigenvalue weighted by Crippen LogP contribution is 2.21. The van der Waals surface area contributed by atoms with Gasteiger partial charge in [-0.15, -0.1) is 0 Å². The highest BCUT2D eigenvalue weighted by molar-refractivity contribution is 6.33. The van der Waals surface area contributed by atoms with Gasteiger partial charge in [-0.25, -0.2) is 0 Å². The molecule has 0 aliphatic heterocycles. The minimum atomic E-state index is -0.540. The number of nitrogens with zero attached hydrogens (tertiary/aromatic N) is 3. The molecule has 112 valence electrons. The van der Waals surface area contributed by atoms with Crippen molar-refractivity contribution in [2.45, 2.75) is 0 Å². The predicted octanol–water partition coefficient (Wildman–Crippen LogP) is 3.60. The van der Waals surface area contributed by atoms with Crippen molar-refractivity contribution >= 4 is 34.9 Å². The number of non-ortho nitro benzene ring substituents is 2. The Morgan fingerprint density at radius 1 is 1.05 bits per heavy atom. The molecule has 0 bridgehead atoms. The van der Waals surface area contributed by atoms with Gasteiger partial charge in [0.15, 0.2) is 0 Å². The van der Waals surface area contributed by atoms with E-state index in [4.69, 9.17) is 11.6 Å². The summed E-state index contributed by atoms with van der Waals surface area (Å²) in [5.74, 6) is 0. The number of hydrazone groups is 1. The maximum Gasteiger partial charge on any atom is 0.271 e. The van der Waals surface area contributed by atoms with Crippen LogP contribution in [0.3, 0.4) is 0 Å². The number of nitro groups is 2. The zero-order chi connectivity index (χ0) is 16.1. The molecule has 0 unspecified atom stereocenters. The van der Waals surface area contributed by atoms with Crippen molar-refractivity contribution in [3.05, 3.63) is 73.3 Å². The average Bonchev–Trinajstić information content (AvgIpc) is 2.49. The van der Waals surface area contributed by atoms with E-state index in [-0.39, 0.29) is 11.4 Å². The predicted molar refractivity (Wildman–Crippen MR) is 82.4 cm³/mol. The van der Waals surface area contributed by atoms with Gasteiger partial charge in [-0.1, -0.05) is 17.7 Å². The lowest BCUT2D eigenvalue weighted by atomic mass is 10.2. The second-order valence-corrected chi connectivity index (χ2v) is 4.55. The SMILES string of the molecule is O=[N+]([O-])c1cccc(N/N=C\c2cc([N+](=O)[O-])ccc2Cl)c1. The molecule has 0 aliphatic rings. The molecule has 2 aromatic carbocycles. The second kappa shape index (κ2) is 6.64. The zero-order valence-corrected chi connectivity index (χ0v) is 11.7. The Bertz CT molecular complexity index is 763. The fourth-order valence-electron chi connectivity index (χ4n) is 1.61. The fourth-order valence-corrected chi connectivity index (χ4v) is 1.78. The van der Waals surface area contributed by atoms with Crippen LogP contribution >= 0.6 is 11.6 Å². The summed E-state index contributed by atoms with van der Waals surface area (Å²) in [5.41, 5.74) is 3.18. The molecule has 0 amide bonds. The van der Waals surface area contributed by atoms with Gasteiger partial charge in [0.25, 0.3) is 11.4 Å². The first-order chi connectivity index (χ1) is 10.5. The van der Waals surface area contributed by atoms with Crippen LogP contribution in [-0.4, -0.2) is 16.1 Å². The molecule has 0 saturated carbocycles. The molecule has 9 heteroatoms. The van der Waals surface area contributed by atoms with Gasteiger partial charge in [0.2, 0.25) is 0 Å². The first-order valence-electron chi connectivity index (χ1n) is 5.95. The fraction of sp³-hybridized carbons (Fsp3) is 0. The molecule has 0 aromatic heterocycles. The van der Waals surface area contributed by atoms with E-state index in [0.29, 0.717) is 16.3 Å². The van der Waals surface area contributed by atoms with Crippen molar-refractivity contribution < 1.29 is 9.85 Å². The van der Waals surface area contributed by atoms with Crippen LogP contribution in [0.2, 0.25) is 5.02 Å². The second-order valence-electron chi connectivity index (χ2n) is 4.14. The number of benzene rings is 2. The van der Waals surface area contributed by atoms with E-state index >= 15 is 0 Å². The summed E-state index contributed by atoms with van der Waals surface area (Å²) in [4.78, 5) is 20.3. The van der Waals surface area contributed by atoms with Crippen LogP contribution in [0.1, 0.15) is 5.56 Å².